The SMILES string of the molecule is NS(=O)(=O)c1ccccc1/C=C1\SC(=S)NC1=O. The topological polar surface area (TPSA) is 89.3 Å². The Labute approximate surface area is 113 Å². The Bertz CT molecular complexity index is 665. The first-order chi connectivity index (χ1) is 8.38. The zero-order chi connectivity index (χ0) is 13.3. The number of thiocarbonyl (C=S) groups is 1. The van der Waals surface area contributed by atoms with Crippen LogP contribution in [0.5, 0.6) is 0 Å². The van der Waals surface area contributed by atoms with Crippen LogP contribution in [0.3, 0.4) is 0 Å². The van der Waals surface area contributed by atoms with E-state index < -0.39 is 10.0 Å². The van der Waals surface area contributed by atoms with Crippen LogP contribution in [0.25, 0.3) is 6.08 Å². The number of sulfonamides is 1. The van der Waals surface area contributed by atoms with Crippen molar-refractivity contribution in [3.05, 3.63) is 34.7 Å². The van der Waals surface area contributed by atoms with Crippen LogP contribution >= 0.6 is 24.0 Å². The molecule has 8 heteroatoms. The van der Waals surface area contributed by atoms with Gasteiger partial charge in [0.15, 0.2) is 0 Å². The summed E-state index contributed by atoms with van der Waals surface area (Å²) >= 11 is 5.93. The first-order valence-corrected chi connectivity index (χ1v) is 7.52. The zero-order valence-electron chi connectivity index (χ0n) is 8.91. The molecule has 0 atom stereocenters. The molecule has 2 rings (SSSR count). The lowest BCUT2D eigenvalue weighted by Gasteiger charge is -2.03. The molecule has 0 spiro atoms. The number of primary sulfonamides is 1. The van der Waals surface area contributed by atoms with Gasteiger partial charge in [-0.2, -0.15) is 0 Å². The zero-order valence-corrected chi connectivity index (χ0v) is 11.4. The summed E-state index contributed by atoms with van der Waals surface area (Å²) in [7, 11) is -3.82. The maximum Gasteiger partial charge on any atom is 0.263 e. The highest BCUT2D eigenvalue weighted by Crippen LogP contribution is 2.27. The Hall–Kier alpha value is -1.22. The van der Waals surface area contributed by atoms with Gasteiger partial charge in [-0.15, -0.1) is 0 Å². The van der Waals surface area contributed by atoms with Crippen LogP contribution in [0.1, 0.15) is 5.56 Å². The molecule has 94 valence electrons. The quantitative estimate of drug-likeness (QED) is 0.623. The van der Waals surface area contributed by atoms with Crippen LogP contribution in [-0.4, -0.2) is 18.6 Å². The Balaban J connectivity index is 2.51. The van der Waals surface area contributed by atoms with Crippen molar-refractivity contribution >= 4 is 50.3 Å². The number of amides is 1. The smallest absolute Gasteiger partial charge is 0.263 e. The molecule has 5 nitrogen and oxygen atoms in total. The monoisotopic (exact) mass is 300 g/mol. The summed E-state index contributed by atoms with van der Waals surface area (Å²) in [5.74, 6) is -0.339. The molecule has 1 aliphatic heterocycles. The number of carbonyl (C=O) groups is 1. The highest BCUT2D eigenvalue weighted by atomic mass is 32.2. The van der Waals surface area contributed by atoms with Crippen molar-refractivity contribution in [1.82, 2.24) is 5.32 Å². The van der Waals surface area contributed by atoms with E-state index in [9.17, 15) is 13.2 Å². The van der Waals surface area contributed by atoms with Crippen LogP contribution in [0, 0.1) is 0 Å². The van der Waals surface area contributed by atoms with Gasteiger partial charge in [-0.25, -0.2) is 13.6 Å². The molecule has 0 unspecified atom stereocenters. The second kappa shape index (κ2) is 4.81. The summed E-state index contributed by atoms with van der Waals surface area (Å²) < 4.78 is 23.1. The van der Waals surface area contributed by atoms with Crippen LogP contribution < -0.4 is 10.5 Å². The third kappa shape index (κ3) is 2.78. The fourth-order valence-corrected chi connectivity index (χ4v) is 3.18. The Kier molecular flexibility index (Phi) is 3.53. The van der Waals surface area contributed by atoms with Gasteiger partial charge in [-0.1, -0.05) is 42.2 Å². The lowest BCUT2D eigenvalue weighted by atomic mass is 10.2. The summed E-state index contributed by atoms with van der Waals surface area (Å²) in [6.45, 7) is 0. The van der Waals surface area contributed by atoms with E-state index >= 15 is 0 Å². The number of thioether (sulfide) groups is 1. The standard InChI is InChI=1S/C10H8N2O3S3/c11-18(14,15)8-4-2-1-3-6(8)5-7-9(13)12-10(16)17-7/h1-5H,(H2,11,14,15)(H,12,13,16)/b7-5-. The largest absolute Gasteiger partial charge is 0.307 e. The van der Waals surface area contributed by atoms with Crippen LogP contribution in [-0.2, 0) is 14.8 Å². The molecule has 0 aromatic heterocycles. The first kappa shape index (κ1) is 13.2. The van der Waals surface area contributed by atoms with Gasteiger partial charge >= 0.3 is 0 Å². The summed E-state index contributed by atoms with van der Waals surface area (Å²) in [5, 5.41) is 7.56. The minimum atomic E-state index is -3.82. The van der Waals surface area contributed by atoms with Gasteiger partial charge in [-0.3, -0.25) is 4.79 Å². The number of benzene rings is 1. The summed E-state index contributed by atoms with van der Waals surface area (Å²) in [6.07, 6.45) is 1.46. The number of hydrogen-bond donors (Lipinski definition) is 2. The van der Waals surface area contributed by atoms with Crippen LogP contribution in [0.4, 0.5) is 0 Å². The lowest BCUT2D eigenvalue weighted by Crippen LogP contribution is -2.17. The van der Waals surface area contributed by atoms with Crippen molar-refractivity contribution in [2.75, 3.05) is 0 Å². The van der Waals surface area contributed by atoms with Crippen molar-refractivity contribution in [2.45, 2.75) is 4.90 Å². The lowest BCUT2D eigenvalue weighted by molar-refractivity contribution is -0.115. The number of hydrogen-bond acceptors (Lipinski definition) is 5. The van der Waals surface area contributed by atoms with Gasteiger partial charge in [0.2, 0.25) is 10.0 Å². The Morgan fingerprint density at radius 1 is 1.33 bits per heavy atom. The predicted octanol–water partition coefficient (Wildman–Crippen LogP) is 0.823. The molecule has 1 aliphatic rings. The highest BCUT2D eigenvalue weighted by Gasteiger charge is 2.23. The molecule has 0 bridgehead atoms. The molecule has 3 N–H and O–H groups in total. The van der Waals surface area contributed by atoms with E-state index in [2.05, 4.69) is 5.32 Å². The molecule has 0 radical (unpaired) electrons. The van der Waals surface area contributed by atoms with Gasteiger partial charge in [0.05, 0.1) is 9.80 Å². The van der Waals surface area contributed by atoms with E-state index in [-0.39, 0.29) is 10.8 Å². The second-order valence-corrected chi connectivity index (χ2v) is 6.68. The van der Waals surface area contributed by atoms with Crippen molar-refractivity contribution in [3.63, 3.8) is 0 Å². The molecule has 0 saturated carbocycles. The average Bonchev–Trinajstić information content (AvgIpc) is 2.57. The van der Waals surface area contributed by atoms with E-state index in [1.165, 1.54) is 12.1 Å². The third-order valence-electron chi connectivity index (χ3n) is 2.15. The summed E-state index contributed by atoms with van der Waals surface area (Å²) in [4.78, 5) is 11.8. The molecule has 1 heterocycles. The van der Waals surface area contributed by atoms with E-state index in [0.717, 1.165) is 11.8 Å². The number of nitrogens with two attached hydrogens (primary N) is 1. The third-order valence-corrected chi connectivity index (χ3v) is 4.30. The van der Waals surface area contributed by atoms with Crippen molar-refractivity contribution in [2.24, 2.45) is 5.14 Å². The first-order valence-electron chi connectivity index (χ1n) is 4.74. The molecular formula is C10H8N2O3S3. The van der Waals surface area contributed by atoms with Gasteiger partial charge in [0, 0.05) is 0 Å². The van der Waals surface area contributed by atoms with E-state index in [1.807, 2.05) is 0 Å². The van der Waals surface area contributed by atoms with Crippen molar-refractivity contribution in [3.8, 4) is 0 Å². The van der Waals surface area contributed by atoms with E-state index in [1.54, 1.807) is 18.2 Å². The molecule has 1 amide bonds. The summed E-state index contributed by atoms with van der Waals surface area (Å²) in [6, 6.07) is 6.19. The highest BCUT2D eigenvalue weighted by molar-refractivity contribution is 8.26. The minimum absolute atomic E-state index is 0.0243. The van der Waals surface area contributed by atoms with Gasteiger partial charge in [0.25, 0.3) is 5.91 Å². The molecule has 1 fully saturated rings. The number of rotatable bonds is 2. The Morgan fingerprint density at radius 2 is 2.00 bits per heavy atom. The average molecular weight is 300 g/mol. The molecule has 0 aliphatic carbocycles. The Morgan fingerprint density at radius 3 is 2.56 bits per heavy atom. The predicted molar refractivity (Wildman–Crippen MR) is 74.1 cm³/mol. The molecule has 1 aromatic rings. The second-order valence-electron chi connectivity index (χ2n) is 3.44. The normalized spacial score (nSPS) is 18.2. The molecule has 1 saturated heterocycles. The number of carbonyl (C=O) groups excluding carboxylic acids is 1. The number of nitrogens with one attached hydrogen (secondary N) is 1. The minimum Gasteiger partial charge on any atom is -0.307 e. The fraction of sp³-hybridized carbons (Fsp3) is 0. The maximum atomic E-state index is 11.5. The summed E-state index contributed by atoms with van der Waals surface area (Å²) in [5.41, 5.74) is 0.363. The van der Waals surface area contributed by atoms with E-state index in [4.69, 9.17) is 17.4 Å². The van der Waals surface area contributed by atoms with Crippen LogP contribution in [0.15, 0.2) is 34.1 Å². The van der Waals surface area contributed by atoms with Gasteiger partial charge in [-0.05, 0) is 17.7 Å². The van der Waals surface area contributed by atoms with Crippen LogP contribution in [0.2, 0.25) is 0 Å². The molecule has 18 heavy (non-hydrogen) atoms. The molecular weight excluding hydrogens is 292 g/mol. The van der Waals surface area contributed by atoms with Crippen molar-refractivity contribution in [1.29, 1.82) is 0 Å². The fourth-order valence-electron chi connectivity index (χ4n) is 1.42. The van der Waals surface area contributed by atoms with Gasteiger partial charge in [0.1, 0.15) is 4.32 Å². The maximum absolute atomic E-state index is 11.5. The van der Waals surface area contributed by atoms with Gasteiger partial charge < -0.3 is 5.32 Å². The van der Waals surface area contributed by atoms with E-state index in [0.29, 0.717) is 14.8 Å². The van der Waals surface area contributed by atoms with Crippen molar-refractivity contribution < 1.29 is 13.2 Å². The molecule has 1 aromatic carbocycles.